The van der Waals surface area contributed by atoms with Gasteiger partial charge in [0.05, 0.1) is 12.2 Å². The van der Waals surface area contributed by atoms with Gasteiger partial charge in [0.15, 0.2) is 5.82 Å². The first-order chi connectivity index (χ1) is 8.79. The Morgan fingerprint density at radius 1 is 1.37 bits per heavy atom. The molecule has 0 saturated carbocycles. The van der Waals surface area contributed by atoms with Crippen molar-refractivity contribution in [1.29, 1.82) is 0 Å². The Morgan fingerprint density at radius 3 is 2.63 bits per heavy atom. The second-order valence-electron chi connectivity index (χ2n) is 5.47. The molecule has 0 amide bonds. The zero-order chi connectivity index (χ0) is 14.2. The fourth-order valence-electron chi connectivity index (χ4n) is 2.02. The highest BCUT2D eigenvalue weighted by Crippen LogP contribution is 2.27. The largest absolute Gasteiger partial charge is 0.381 e. The molecule has 1 aromatic carbocycles. The molecule has 0 atom stereocenters. The molecule has 0 aliphatic rings. The highest BCUT2D eigenvalue weighted by molar-refractivity contribution is 9.10. The normalized spacial score (nSPS) is 11.8. The second-order valence-corrected chi connectivity index (χ2v) is 6.32. The summed E-state index contributed by atoms with van der Waals surface area (Å²) in [6, 6.07) is 4.59. The highest BCUT2D eigenvalue weighted by atomic mass is 79.9. The monoisotopic (exact) mass is 326 g/mol. The fourth-order valence-corrected chi connectivity index (χ4v) is 2.50. The third-order valence-electron chi connectivity index (χ3n) is 2.81. The van der Waals surface area contributed by atoms with Gasteiger partial charge in [0.25, 0.3) is 0 Å². The van der Waals surface area contributed by atoms with E-state index in [2.05, 4.69) is 47.0 Å². The lowest BCUT2D eigenvalue weighted by Crippen LogP contribution is -2.20. The number of halogens is 2. The third kappa shape index (κ3) is 2.94. The number of rotatable bonds is 2. The molecule has 0 aliphatic carbocycles. The van der Waals surface area contributed by atoms with Gasteiger partial charge in [-0.25, -0.2) is 9.07 Å². The number of nitrogens with two attached hydrogens (primary N) is 1. The summed E-state index contributed by atoms with van der Waals surface area (Å²) < 4.78 is 15.5. The SMILES string of the molecule is CC(C)(C)c1c(N)nnn1Cc1ccc(F)cc1Br. The molecule has 2 aromatic rings. The topological polar surface area (TPSA) is 56.7 Å². The molecule has 0 bridgehead atoms. The molecule has 4 nitrogen and oxygen atoms in total. The van der Waals surface area contributed by atoms with Crippen LogP contribution >= 0.6 is 15.9 Å². The first-order valence-electron chi connectivity index (χ1n) is 5.92. The summed E-state index contributed by atoms with van der Waals surface area (Å²) in [4.78, 5) is 0. The molecular formula is C13H16BrFN4. The van der Waals surface area contributed by atoms with Gasteiger partial charge in [0.2, 0.25) is 0 Å². The van der Waals surface area contributed by atoms with Crippen molar-refractivity contribution >= 4 is 21.7 Å². The van der Waals surface area contributed by atoms with Gasteiger partial charge in [-0.05, 0) is 17.7 Å². The Bertz CT molecular complexity index is 601. The molecule has 2 N–H and O–H groups in total. The quantitative estimate of drug-likeness (QED) is 0.922. The molecule has 19 heavy (non-hydrogen) atoms. The number of hydrogen-bond donors (Lipinski definition) is 1. The van der Waals surface area contributed by atoms with Gasteiger partial charge in [-0.1, -0.05) is 48.0 Å². The maximum Gasteiger partial charge on any atom is 0.169 e. The van der Waals surface area contributed by atoms with Gasteiger partial charge >= 0.3 is 0 Å². The standard InChI is InChI=1S/C13H16BrFN4/c1-13(2,3)11-12(16)17-18-19(11)7-8-4-5-9(15)6-10(8)14/h4-6H,7,16H2,1-3H3. The van der Waals surface area contributed by atoms with Crippen molar-refractivity contribution in [2.75, 3.05) is 5.73 Å². The van der Waals surface area contributed by atoms with Gasteiger partial charge < -0.3 is 5.73 Å². The Morgan fingerprint density at radius 2 is 2.05 bits per heavy atom. The van der Waals surface area contributed by atoms with Gasteiger partial charge in [0, 0.05) is 9.89 Å². The van der Waals surface area contributed by atoms with Crippen LogP contribution in [-0.4, -0.2) is 15.0 Å². The minimum absolute atomic E-state index is 0.153. The minimum atomic E-state index is -0.273. The van der Waals surface area contributed by atoms with E-state index in [0.717, 1.165) is 11.3 Å². The van der Waals surface area contributed by atoms with E-state index in [9.17, 15) is 4.39 Å². The summed E-state index contributed by atoms with van der Waals surface area (Å²) >= 11 is 3.35. The molecule has 1 aromatic heterocycles. The average molecular weight is 327 g/mol. The van der Waals surface area contributed by atoms with Crippen molar-refractivity contribution in [3.8, 4) is 0 Å². The third-order valence-corrected chi connectivity index (χ3v) is 3.54. The van der Waals surface area contributed by atoms with Crippen LogP contribution in [0.3, 0.4) is 0 Å². The second kappa shape index (κ2) is 4.92. The van der Waals surface area contributed by atoms with E-state index in [-0.39, 0.29) is 11.2 Å². The number of anilines is 1. The molecule has 0 fully saturated rings. The Kier molecular flexibility index (Phi) is 3.62. The Labute approximate surface area is 119 Å². The van der Waals surface area contributed by atoms with Gasteiger partial charge in [0.1, 0.15) is 5.82 Å². The molecular weight excluding hydrogens is 311 g/mol. The maximum absolute atomic E-state index is 13.1. The summed E-state index contributed by atoms with van der Waals surface area (Å²) in [5, 5.41) is 8.00. The van der Waals surface area contributed by atoms with E-state index in [1.165, 1.54) is 12.1 Å². The minimum Gasteiger partial charge on any atom is -0.381 e. The van der Waals surface area contributed by atoms with Crippen molar-refractivity contribution in [1.82, 2.24) is 15.0 Å². The number of nitrogens with zero attached hydrogens (tertiary/aromatic N) is 3. The van der Waals surface area contributed by atoms with Crippen molar-refractivity contribution in [2.45, 2.75) is 32.7 Å². The molecule has 1 heterocycles. The van der Waals surface area contributed by atoms with E-state index < -0.39 is 0 Å². The van der Waals surface area contributed by atoms with Gasteiger partial charge in [-0.15, -0.1) is 5.10 Å². The maximum atomic E-state index is 13.1. The smallest absolute Gasteiger partial charge is 0.169 e. The molecule has 0 saturated heterocycles. The van der Waals surface area contributed by atoms with Crippen molar-refractivity contribution in [3.05, 3.63) is 39.7 Å². The predicted octanol–water partition coefficient (Wildman–Crippen LogP) is 3.11. The van der Waals surface area contributed by atoms with Crippen LogP contribution in [0, 0.1) is 5.82 Å². The summed E-state index contributed by atoms with van der Waals surface area (Å²) in [7, 11) is 0. The first-order valence-corrected chi connectivity index (χ1v) is 6.71. The number of benzene rings is 1. The lowest BCUT2D eigenvalue weighted by molar-refractivity contribution is 0.502. The molecule has 6 heteroatoms. The van der Waals surface area contributed by atoms with Crippen LogP contribution in [0.5, 0.6) is 0 Å². The number of aromatic nitrogens is 3. The molecule has 0 spiro atoms. The van der Waals surface area contributed by atoms with Crippen LogP contribution in [0.1, 0.15) is 32.0 Å². The van der Waals surface area contributed by atoms with Crippen molar-refractivity contribution in [3.63, 3.8) is 0 Å². The summed E-state index contributed by atoms with van der Waals surface area (Å²) in [6.07, 6.45) is 0. The lowest BCUT2D eigenvalue weighted by atomic mass is 9.92. The van der Waals surface area contributed by atoms with E-state index in [1.54, 1.807) is 10.7 Å². The lowest BCUT2D eigenvalue weighted by Gasteiger charge is -2.20. The fraction of sp³-hybridized carbons (Fsp3) is 0.385. The first kappa shape index (κ1) is 14.0. The average Bonchev–Trinajstić information content (AvgIpc) is 2.63. The van der Waals surface area contributed by atoms with E-state index in [1.807, 2.05) is 0 Å². The van der Waals surface area contributed by atoms with Gasteiger partial charge in [-0.2, -0.15) is 0 Å². The molecule has 2 rings (SSSR count). The van der Waals surface area contributed by atoms with Crippen LogP contribution in [0.15, 0.2) is 22.7 Å². The summed E-state index contributed by atoms with van der Waals surface area (Å²) in [5.74, 6) is 0.163. The Balaban J connectivity index is 2.39. The number of nitrogen functional groups attached to an aromatic ring is 1. The molecule has 102 valence electrons. The predicted molar refractivity (Wildman–Crippen MR) is 76.3 cm³/mol. The van der Waals surface area contributed by atoms with Gasteiger partial charge in [-0.3, -0.25) is 0 Å². The van der Waals surface area contributed by atoms with Crippen LogP contribution in [-0.2, 0) is 12.0 Å². The van der Waals surface area contributed by atoms with E-state index in [0.29, 0.717) is 16.8 Å². The highest BCUT2D eigenvalue weighted by Gasteiger charge is 2.24. The molecule has 0 unspecified atom stereocenters. The van der Waals surface area contributed by atoms with Crippen LogP contribution in [0.4, 0.5) is 10.2 Å². The molecule has 0 radical (unpaired) electrons. The zero-order valence-electron chi connectivity index (χ0n) is 11.1. The van der Waals surface area contributed by atoms with E-state index >= 15 is 0 Å². The number of hydrogen-bond acceptors (Lipinski definition) is 3. The van der Waals surface area contributed by atoms with Crippen molar-refractivity contribution < 1.29 is 4.39 Å². The summed E-state index contributed by atoms with van der Waals surface area (Å²) in [5.41, 5.74) is 7.53. The van der Waals surface area contributed by atoms with Crippen LogP contribution in [0.2, 0.25) is 0 Å². The Hall–Kier alpha value is -1.43. The molecule has 0 aliphatic heterocycles. The van der Waals surface area contributed by atoms with Crippen LogP contribution < -0.4 is 5.73 Å². The zero-order valence-corrected chi connectivity index (χ0v) is 12.7. The van der Waals surface area contributed by atoms with Crippen LogP contribution in [0.25, 0.3) is 0 Å². The van der Waals surface area contributed by atoms with Crippen molar-refractivity contribution in [2.24, 2.45) is 0 Å². The summed E-state index contributed by atoms with van der Waals surface area (Å²) in [6.45, 7) is 6.66. The van der Waals surface area contributed by atoms with E-state index in [4.69, 9.17) is 5.73 Å².